The van der Waals surface area contributed by atoms with Gasteiger partial charge in [-0.2, -0.15) is 0 Å². The van der Waals surface area contributed by atoms with Gasteiger partial charge in [-0.15, -0.1) is 0 Å². The fourth-order valence-corrected chi connectivity index (χ4v) is 4.70. The molecule has 0 saturated carbocycles. The molecule has 9 nitrogen and oxygen atoms in total. The molecule has 9 heteroatoms. The third kappa shape index (κ3) is 7.62. The van der Waals surface area contributed by atoms with Gasteiger partial charge in [0.25, 0.3) is 5.91 Å². The number of esters is 1. The Balaban J connectivity index is 1.57. The Morgan fingerprint density at radius 3 is 2.59 bits per heavy atom. The van der Waals surface area contributed by atoms with Gasteiger partial charge < -0.3 is 24.8 Å². The minimum atomic E-state index is -0.543. The van der Waals surface area contributed by atoms with Crippen LogP contribution in [0.5, 0.6) is 17.2 Å². The smallest absolute Gasteiger partial charge is 0.341 e. The number of aromatic nitrogens is 1. The van der Waals surface area contributed by atoms with E-state index in [4.69, 9.17) is 14.2 Å². The van der Waals surface area contributed by atoms with Crippen LogP contribution in [0, 0.1) is 6.92 Å². The van der Waals surface area contributed by atoms with E-state index in [1.807, 2.05) is 52.0 Å². The SMILES string of the molecule is COC(=O)c1cc(C(C)(C)C)cc(NC(=O)c2ccc(C)c(Oc3ccnc(CN4CCCNCC4)c3)c2)c1OC. The molecule has 1 aliphatic rings. The number of amides is 1. The summed E-state index contributed by atoms with van der Waals surface area (Å²) in [7, 11) is 2.77. The van der Waals surface area contributed by atoms with Crippen molar-refractivity contribution in [2.24, 2.45) is 0 Å². The van der Waals surface area contributed by atoms with Crippen LogP contribution < -0.4 is 20.1 Å². The van der Waals surface area contributed by atoms with Gasteiger partial charge in [0.15, 0.2) is 5.75 Å². The zero-order chi connectivity index (χ0) is 29.6. The summed E-state index contributed by atoms with van der Waals surface area (Å²) in [6.45, 7) is 12.8. The summed E-state index contributed by atoms with van der Waals surface area (Å²) in [5, 5.41) is 6.35. The van der Waals surface area contributed by atoms with E-state index in [-0.39, 0.29) is 22.6 Å². The van der Waals surface area contributed by atoms with Crippen LogP contribution in [0.2, 0.25) is 0 Å². The van der Waals surface area contributed by atoms with Crippen LogP contribution in [0.4, 0.5) is 5.69 Å². The summed E-state index contributed by atoms with van der Waals surface area (Å²) in [6, 6.07) is 12.6. The van der Waals surface area contributed by atoms with Gasteiger partial charge in [0.1, 0.15) is 17.1 Å². The van der Waals surface area contributed by atoms with E-state index in [9.17, 15) is 9.59 Å². The van der Waals surface area contributed by atoms with Crippen molar-refractivity contribution in [3.63, 3.8) is 0 Å². The number of anilines is 1. The number of hydrogen-bond donors (Lipinski definition) is 2. The topological polar surface area (TPSA) is 102 Å². The zero-order valence-corrected chi connectivity index (χ0v) is 24.8. The van der Waals surface area contributed by atoms with Crippen LogP contribution in [0.15, 0.2) is 48.7 Å². The third-order valence-corrected chi connectivity index (χ3v) is 7.10. The Hall–Kier alpha value is -3.95. The number of ether oxygens (including phenoxy) is 3. The fourth-order valence-electron chi connectivity index (χ4n) is 4.70. The molecule has 2 heterocycles. The molecule has 0 atom stereocenters. The van der Waals surface area contributed by atoms with E-state index < -0.39 is 5.97 Å². The molecule has 0 unspecified atom stereocenters. The lowest BCUT2D eigenvalue weighted by atomic mass is 9.85. The first kappa shape index (κ1) is 30.0. The molecule has 218 valence electrons. The second kappa shape index (κ2) is 13.1. The monoisotopic (exact) mass is 560 g/mol. The van der Waals surface area contributed by atoms with Gasteiger partial charge >= 0.3 is 5.97 Å². The fraction of sp³-hybridized carbons (Fsp3) is 0.406. The molecule has 3 aromatic rings. The number of pyridine rings is 1. The van der Waals surface area contributed by atoms with Crippen LogP contribution in [-0.4, -0.2) is 62.2 Å². The van der Waals surface area contributed by atoms with Crippen molar-refractivity contribution < 1.29 is 23.8 Å². The molecule has 0 spiro atoms. The van der Waals surface area contributed by atoms with Crippen LogP contribution in [0.25, 0.3) is 0 Å². The van der Waals surface area contributed by atoms with E-state index in [2.05, 4.69) is 20.5 Å². The van der Waals surface area contributed by atoms with Crippen molar-refractivity contribution in [1.29, 1.82) is 0 Å². The first-order valence-electron chi connectivity index (χ1n) is 13.9. The van der Waals surface area contributed by atoms with Crippen molar-refractivity contribution in [2.45, 2.75) is 46.1 Å². The molecule has 0 bridgehead atoms. The lowest BCUT2D eigenvalue weighted by Crippen LogP contribution is -2.27. The van der Waals surface area contributed by atoms with E-state index in [1.54, 1.807) is 24.4 Å². The molecule has 0 radical (unpaired) electrons. The standard InChI is InChI=1S/C32H40N4O5/c1-21-8-9-22(16-28(21)41-25-10-12-34-24(19-25)20-36-14-7-11-33-13-15-36)30(37)35-27-18-23(32(2,3)4)17-26(29(27)39-5)31(38)40-6/h8-10,12,16-19,33H,7,11,13-15,20H2,1-6H3,(H,35,37). The van der Waals surface area contributed by atoms with Gasteiger partial charge in [0.05, 0.1) is 25.6 Å². The van der Waals surface area contributed by atoms with E-state index >= 15 is 0 Å². The number of hydrogen-bond acceptors (Lipinski definition) is 8. The molecule has 0 aliphatic carbocycles. The molecule has 4 rings (SSSR count). The number of benzene rings is 2. The Bertz CT molecular complexity index is 1390. The molecule has 41 heavy (non-hydrogen) atoms. The van der Waals surface area contributed by atoms with Crippen molar-refractivity contribution >= 4 is 17.6 Å². The molecule has 2 N–H and O–H groups in total. The number of carbonyl (C=O) groups is 2. The Labute approximate surface area is 242 Å². The number of nitrogens with zero attached hydrogens (tertiary/aromatic N) is 2. The Kier molecular flexibility index (Phi) is 9.62. The second-order valence-electron chi connectivity index (χ2n) is 11.2. The van der Waals surface area contributed by atoms with Crippen molar-refractivity contribution in [3.05, 3.63) is 76.6 Å². The first-order valence-corrected chi connectivity index (χ1v) is 13.9. The van der Waals surface area contributed by atoms with Crippen molar-refractivity contribution in [3.8, 4) is 17.2 Å². The maximum atomic E-state index is 13.5. The van der Waals surface area contributed by atoms with Crippen molar-refractivity contribution in [2.75, 3.05) is 45.7 Å². The van der Waals surface area contributed by atoms with Gasteiger partial charge in [-0.25, -0.2) is 4.79 Å². The highest BCUT2D eigenvalue weighted by molar-refractivity contribution is 6.07. The molecule has 2 aromatic carbocycles. The molecule has 1 saturated heterocycles. The van der Waals surface area contributed by atoms with Crippen LogP contribution in [0.1, 0.15) is 64.7 Å². The molecule has 1 aliphatic heterocycles. The summed E-state index contributed by atoms with van der Waals surface area (Å²) < 4.78 is 16.8. The zero-order valence-electron chi connectivity index (χ0n) is 24.8. The second-order valence-corrected chi connectivity index (χ2v) is 11.2. The average Bonchev–Trinajstić information content (AvgIpc) is 3.21. The quantitative estimate of drug-likeness (QED) is 0.357. The van der Waals surface area contributed by atoms with Crippen LogP contribution >= 0.6 is 0 Å². The highest BCUT2D eigenvalue weighted by Gasteiger charge is 2.25. The predicted molar refractivity (Wildman–Crippen MR) is 159 cm³/mol. The van der Waals surface area contributed by atoms with Gasteiger partial charge in [0, 0.05) is 37.5 Å². The molecule has 1 amide bonds. The molecular weight excluding hydrogens is 520 g/mol. The molecule has 1 aromatic heterocycles. The number of methoxy groups -OCH3 is 2. The summed E-state index contributed by atoms with van der Waals surface area (Å²) in [4.78, 5) is 32.9. The third-order valence-electron chi connectivity index (χ3n) is 7.10. The number of carbonyl (C=O) groups excluding carboxylic acids is 2. The minimum absolute atomic E-state index is 0.242. The lowest BCUT2D eigenvalue weighted by Gasteiger charge is -2.23. The highest BCUT2D eigenvalue weighted by atomic mass is 16.5. The van der Waals surface area contributed by atoms with Crippen LogP contribution in [-0.2, 0) is 16.7 Å². The van der Waals surface area contributed by atoms with Gasteiger partial charge in [0.2, 0.25) is 0 Å². The van der Waals surface area contributed by atoms with Crippen LogP contribution in [0.3, 0.4) is 0 Å². The lowest BCUT2D eigenvalue weighted by molar-refractivity contribution is 0.0596. The minimum Gasteiger partial charge on any atom is -0.494 e. The van der Waals surface area contributed by atoms with E-state index in [0.717, 1.165) is 56.0 Å². The summed E-state index contributed by atoms with van der Waals surface area (Å²) in [5.74, 6) is 0.565. The largest absolute Gasteiger partial charge is 0.494 e. The van der Waals surface area contributed by atoms with Crippen molar-refractivity contribution in [1.82, 2.24) is 15.2 Å². The normalized spacial score (nSPS) is 14.2. The molecular formula is C32H40N4O5. The maximum absolute atomic E-state index is 13.5. The van der Waals surface area contributed by atoms with Gasteiger partial charge in [-0.3, -0.25) is 14.7 Å². The Morgan fingerprint density at radius 2 is 1.85 bits per heavy atom. The van der Waals surface area contributed by atoms with Gasteiger partial charge in [-0.1, -0.05) is 26.8 Å². The molecule has 1 fully saturated rings. The predicted octanol–water partition coefficient (Wildman–Crippen LogP) is 5.32. The number of rotatable bonds is 8. The maximum Gasteiger partial charge on any atom is 0.341 e. The Morgan fingerprint density at radius 1 is 1.05 bits per heavy atom. The summed E-state index contributed by atoms with van der Waals surface area (Å²) in [5.41, 5.74) is 3.42. The summed E-state index contributed by atoms with van der Waals surface area (Å²) in [6.07, 6.45) is 2.86. The van der Waals surface area contributed by atoms with Gasteiger partial charge in [-0.05, 0) is 73.3 Å². The average molecular weight is 561 g/mol. The number of aryl methyl sites for hydroxylation is 1. The highest BCUT2D eigenvalue weighted by Crippen LogP contribution is 2.36. The van der Waals surface area contributed by atoms with E-state index in [0.29, 0.717) is 22.7 Å². The van der Waals surface area contributed by atoms with E-state index in [1.165, 1.54) is 14.2 Å². The first-order chi connectivity index (χ1) is 19.6. The number of nitrogens with one attached hydrogen (secondary N) is 2. The summed E-state index contributed by atoms with van der Waals surface area (Å²) >= 11 is 0.